The summed E-state index contributed by atoms with van der Waals surface area (Å²) in [6, 6.07) is 5.69. The molecule has 0 saturated heterocycles. The number of carboxylic acids is 2. The third kappa shape index (κ3) is 8.69. The van der Waals surface area contributed by atoms with Gasteiger partial charge in [0.2, 0.25) is 0 Å². The molecule has 3 N–H and O–H groups in total. The average Bonchev–Trinajstić information content (AvgIpc) is 3.04. The fourth-order valence-electron chi connectivity index (χ4n) is 3.08. The van der Waals surface area contributed by atoms with Gasteiger partial charge in [0.1, 0.15) is 11.5 Å². The van der Waals surface area contributed by atoms with Gasteiger partial charge in [-0.1, -0.05) is 13.8 Å². The van der Waals surface area contributed by atoms with Crippen molar-refractivity contribution in [2.45, 2.75) is 52.5 Å². The molecule has 0 aromatic heterocycles. The second-order valence-electron chi connectivity index (χ2n) is 7.31. The van der Waals surface area contributed by atoms with E-state index in [-0.39, 0.29) is 6.04 Å². The van der Waals surface area contributed by atoms with Gasteiger partial charge < -0.3 is 29.9 Å². The molecule has 0 spiro atoms. The third-order valence-corrected chi connectivity index (χ3v) is 4.22. The van der Waals surface area contributed by atoms with Gasteiger partial charge in [-0.15, -0.1) is 0 Å². The van der Waals surface area contributed by atoms with Crippen molar-refractivity contribution in [3.8, 4) is 11.5 Å². The van der Waals surface area contributed by atoms with Gasteiger partial charge in [0.05, 0.1) is 6.61 Å². The minimum Gasteiger partial charge on any atom is -0.493 e. The summed E-state index contributed by atoms with van der Waals surface area (Å²) in [6.07, 6.45) is 1.89. The van der Waals surface area contributed by atoms with Gasteiger partial charge in [0.25, 0.3) is 0 Å². The molecule has 168 valence electrons. The van der Waals surface area contributed by atoms with E-state index in [0.717, 1.165) is 43.8 Å². The van der Waals surface area contributed by atoms with E-state index in [1.165, 1.54) is 0 Å². The Morgan fingerprint density at radius 1 is 1.17 bits per heavy atom. The maximum atomic E-state index is 11.8. The zero-order chi connectivity index (χ0) is 22.7. The molecule has 0 saturated carbocycles. The van der Waals surface area contributed by atoms with Crippen molar-refractivity contribution in [1.29, 1.82) is 0 Å². The van der Waals surface area contributed by atoms with Crippen LogP contribution in [0.2, 0.25) is 0 Å². The van der Waals surface area contributed by atoms with E-state index in [0.29, 0.717) is 18.3 Å². The van der Waals surface area contributed by atoms with Crippen molar-refractivity contribution in [3.05, 3.63) is 23.8 Å². The second-order valence-corrected chi connectivity index (χ2v) is 7.31. The van der Waals surface area contributed by atoms with Crippen LogP contribution in [0, 0.1) is 0 Å². The first kappa shape index (κ1) is 25.2. The maximum absolute atomic E-state index is 11.8. The number of nitrogens with zero attached hydrogens (tertiary/aromatic N) is 1. The van der Waals surface area contributed by atoms with Crippen LogP contribution in [0.4, 0.5) is 4.79 Å². The van der Waals surface area contributed by atoms with Crippen LogP contribution in [0.5, 0.6) is 11.5 Å². The van der Waals surface area contributed by atoms with Gasteiger partial charge in [0.15, 0.2) is 0 Å². The Bertz CT molecular complexity index is 703. The first-order valence-corrected chi connectivity index (χ1v) is 10.1. The van der Waals surface area contributed by atoms with Crippen molar-refractivity contribution < 1.29 is 34.1 Å². The topological polar surface area (TPSA) is 125 Å². The maximum Gasteiger partial charge on any atom is 0.414 e. The molecule has 1 amide bonds. The van der Waals surface area contributed by atoms with Gasteiger partial charge in [-0.25, -0.2) is 14.4 Å². The largest absolute Gasteiger partial charge is 0.493 e. The molecule has 1 aliphatic heterocycles. The number of hydrogen-bond acceptors (Lipinski definition) is 6. The number of hydrogen-bond donors (Lipinski definition) is 3. The van der Waals surface area contributed by atoms with Crippen molar-refractivity contribution in [1.82, 2.24) is 10.2 Å². The fourth-order valence-corrected chi connectivity index (χ4v) is 3.08. The highest BCUT2D eigenvalue weighted by molar-refractivity contribution is 6.27. The number of aliphatic carboxylic acids is 2. The van der Waals surface area contributed by atoms with Crippen LogP contribution < -0.4 is 14.8 Å². The van der Waals surface area contributed by atoms with E-state index < -0.39 is 18.0 Å². The standard InChI is InChI=1S/C19H30N2O3.C2H2O4/c1-5-9-21(10-6-2)12-15-13-23-18-8-7-16(11-17(15)18)24-19(22)20-14(3)4;3-1(4)2(5)6/h7-8,11,14-15H,5-6,9-10,12-13H2,1-4H3,(H,20,22);(H,3,4)(H,5,6). The average molecular weight is 424 g/mol. The number of carbonyl (C=O) groups excluding carboxylic acids is 1. The molecule has 1 aliphatic rings. The Hall–Kier alpha value is -2.81. The molecule has 0 fully saturated rings. The lowest BCUT2D eigenvalue weighted by Gasteiger charge is -2.24. The smallest absolute Gasteiger partial charge is 0.414 e. The Labute approximate surface area is 177 Å². The van der Waals surface area contributed by atoms with E-state index in [1.54, 1.807) is 6.07 Å². The van der Waals surface area contributed by atoms with Gasteiger partial charge in [-0.2, -0.15) is 0 Å². The number of nitrogens with one attached hydrogen (secondary N) is 1. The van der Waals surface area contributed by atoms with E-state index >= 15 is 0 Å². The van der Waals surface area contributed by atoms with Crippen molar-refractivity contribution in [3.63, 3.8) is 0 Å². The number of ether oxygens (including phenoxy) is 2. The Balaban J connectivity index is 0.000000656. The molecule has 1 atom stereocenters. The SMILES string of the molecule is CCCN(CCC)CC1COc2ccc(OC(=O)NC(C)C)cc21.O=C(O)C(=O)O. The van der Waals surface area contributed by atoms with Crippen LogP contribution in [0.1, 0.15) is 52.0 Å². The first-order valence-electron chi connectivity index (χ1n) is 10.1. The highest BCUT2D eigenvalue weighted by Crippen LogP contribution is 2.37. The summed E-state index contributed by atoms with van der Waals surface area (Å²) < 4.78 is 11.2. The van der Waals surface area contributed by atoms with E-state index in [4.69, 9.17) is 29.3 Å². The van der Waals surface area contributed by atoms with Crippen LogP contribution in [0.15, 0.2) is 18.2 Å². The highest BCUT2D eigenvalue weighted by Gasteiger charge is 2.26. The van der Waals surface area contributed by atoms with Gasteiger partial charge in [0, 0.05) is 24.1 Å². The summed E-state index contributed by atoms with van der Waals surface area (Å²) in [6.45, 7) is 12.1. The minimum atomic E-state index is -1.82. The number of benzene rings is 1. The second kappa shape index (κ2) is 12.7. The summed E-state index contributed by atoms with van der Waals surface area (Å²) in [5, 5.41) is 17.5. The molecule has 1 aromatic rings. The monoisotopic (exact) mass is 424 g/mol. The Morgan fingerprint density at radius 3 is 2.27 bits per heavy atom. The normalized spacial score (nSPS) is 14.4. The lowest BCUT2D eigenvalue weighted by molar-refractivity contribution is -0.159. The molecule has 0 aliphatic carbocycles. The quantitative estimate of drug-likeness (QED) is 0.544. The predicted molar refractivity (Wildman–Crippen MR) is 111 cm³/mol. The van der Waals surface area contributed by atoms with Crippen LogP contribution in [-0.2, 0) is 9.59 Å². The summed E-state index contributed by atoms with van der Waals surface area (Å²) in [5.41, 5.74) is 1.14. The fraction of sp³-hybridized carbons (Fsp3) is 0.571. The Kier molecular flexibility index (Phi) is 10.7. The number of fused-ring (bicyclic) bond motifs is 1. The Morgan fingerprint density at radius 2 is 1.77 bits per heavy atom. The van der Waals surface area contributed by atoms with E-state index in [2.05, 4.69) is 24.1 Å². The third-order valence-electron chi connectivity index (χ3n) is 4.22. The zero-order valence-corrected chi connectivity index (χ0v) is 18.0. The zero-order valence-electron chi connectivity index (χ0n) is 18.0. The molecule has 1 unspecified atom stereocenters. The summed E-state index contributed by atoms with van der Waals surface area (Å²) in [7, 11) is 0. The first-order chi connectivity index (χ1) is 14.2. The number of carbonyl (C=O) groups is 3. The van der Waals surface area contributed by atoms with Crippen LogP contribution >= 0.6 is 0 Å². The predicted octanol–water partition coefficient (Wildman–Crippen LogP) is 2.94. The summed E-state index contributed by atoms with van der Waals surface area (Å²) in [5.74, 6) is -1.84. The molecule has 9 heteroatoms. The van der Waals surface area contributed by atoms with Crippen molar-refractivity contribution >= 4 is 18.0 Å². The van der Waals surface area contributed by atoms with Crippen molar-refractivity contribution in [2.24, 2.45) is 0 Å². The highest BCUT2D eigenvalue weighted by atomic mass is 16.6. The number of amides is 1. The molecule has 0 bridgehead atoms. The molecule has 30 heavy (non-hydrogen) atoms. The van der Waals surface area contributed by atoms with E-state index in [9.17, 15) is 4.79 Å². The van der Waals surface area contributed by atoms with Crippen LogP contribution in [0.3, 0.4) is 0 Å². The molecule has 1 heterocycles. The number of carboxylic acid groups (broad SMARTS) is 2. The molecular weight excluding hydrogens is 392 g/mol. The summed E-state index contributed by atoms with van der Waals surface area (Å²) in [4.78, 5) is 32.5. The van der Waals surface area contributed by atoms with Gasteiger partial charge in [-0.3, -0.25) is 0 Å². The lowest BCUT2D eigenvalue weighted by Crippen LogP contribution is -2.32. The number of rotatable bonds is 8. The van der Waals surface area contributed by atoms with Gasteiger partial charge >= 0.3 is 18.0 Å². The molecule has 2 rings (SSSR count). The molecule has 9 nitrogen and oxygen atoms in total. The summed E-state index contributed by atoms with van der Waals surface area (Å²) >= 11 is 0. The van der Waals surface area contributed by atoms with Gasteiger partial charge in [-0.05, 0) is 58.0 Å². The van der Waals surface area contributed by atoms with Crippen LogP contribution in [-0.4, -0.2) is 65.4 Å². The minimum absolute atomic E-state index is 0.0552. The van der Waals surface area contributed by atoms with Crippen LogP contribution in [0.25, 0.3) is 0 Å². The molecular formula is C21H32N2O7. The van der Waals surface area contributed by atoms with Crippen molar-refractivity contribution in [2.75, 3.05) is 26.2 Å². The lowest BCUT2D eigenvalue weighted by atomic mass is 10.00. The molecule has 0 radical (unpaired) electrons. The van der Waals surface area contributed by atoms with E-state index in [1.807, 2.05) is 26.0 Å². The molecule has 1 aromatic carbocycles.